The summed E-state index contributed by atoms with van der Waals surface area (Å²) in [6, 6.07) is 0.776. The molecule has 0 fully saturated rings. The molecule has 0 aromatic carbocycles. The van der Waals surface area contributed by atoms with E-state index in [1.54, 1.807) is 13.8 Å². The van der Waals surface area contributed by atoms with E-state index in [0.29, 0.717) is 0 Å². The minimum atomic E-state index is -4.79. The van der Waals surface area contributed by atoms with Crippen LogP contribution in [0.3, 0.4) is 0 Å². The zero-order chi connectivity index (χ0) is 14.8. The predicted octanol–water partition coefficient (Wildman–Crippen LogP) is 2.69. The number of halogens is 3. The largest absolute Gasteiger partial charge is 0.462 e. The number of pyridine rings is 1. The third kappa shape index (κ3) is 3.36. The van der Waals surface area contributed by atoms with E-state index in [1.807, 2.05) is 0 Å². The van der Waals surface area contributed by atoms with Crippen LogP contribution >= 0.6 is 0 Å². The minimum absolute atomic E-state index is 0.110. The van der Waals surface area contributed by atoms with E-state index in [0.717, 1.165) is 6.07 Å². The third-order valence-electron chi connectivity index (χ3n) is 2.46. The van der Waals surface area contributed by atoms with Crippen LogP contribution in [0.5, 0.6) is 0 Å². The Bertz CT molecular complexity index is 532. The summed E-state index contributed by atoms with van der Waals surface area (Å²) in [5.74, 6) is -1.57. The Morgan fingerprint density at radius 3 is 2.42 bits per heavy atom. The highest BCUT2D eigenvalue weighted by Crippen LogP contribution is 2.32. The van der Waals surface area contributed by atoms with Crippen molar-refractivity contribution < 1.29 is 22.7 Å². The second-order valence-electron chi connectivity index (χ2n) is 4.22. The normalized spacial score (nSPS) is 11.7. The van der Waals surface area contributed by atoms with Crippen molar-refractivity contribution in [1.82, 2.24) is 4.98 Å². The van der Waals surface area contributed by atoms with E-state index >= 15 is 0 Å². The lowest BCUT2D eigenvalue weighted by molar-refractivity contribution is -0.138. The fraction of sp³-hybridized carbons (Fsp3) is 0.500. The molecule has 0 saturated carbocycles. The van der Waals surface area contributed by atoms with Crippen LogP contribution in [0.15, 0.2) is 10.9 Å². The van der Waals surface area contributed by atoms with E-state index in [2.05, 4.69) is 9.72 Å². The topological polar surface area (TPSA) is 59.2 Å². The quantitative estimate of drug-likeness (QED) is 0.864. The first-order chi connectivity index (χ1) is 8.68. The lowest BCUT2D eigenvalue weighted by Crippen LogP contribution is -2.27. The molecule has 0 saturated heterocycles. The van der Waals surface area contributed by atoms with Gasteiger partial charge in [0, 0.05) is 5.69 Å². The van der Waals surface area contributed by atoms with Crippen LogP contribution in [0.25, 0.3) is 0 Å². The number of aromatic amines is 1. The molecule has 19 heavy (non-hydrogen) atoms. The molecule has 0 aliphatic rings. The number of rotatable bonds is 3. The van der Waals surface area contributed by atoms with Crippen LogP contribution in [-0.4, -0.2) is 17.6 Å². The van der Waals surface area contributed by atoms with E-state index < -0.39 is 28.8 Å². The Morgan fingerprint density at radius 2 is 2.00 bits per heavy atom. The molecule has 1 rings (SSSR count). The molecule has 0 aliphatic carbocycles. The maximum atomic E-state index is 12.9. The molecule has 0 atom stereocenters. The van der Waals surface area contributed by atoms with Gasteiger partial charge in [0.15, 0.2) is 0 Å². The number of hydrogen-bond acceptors (Lipinski definition) is 3. The van der Waals surface area contributed by atoms with Gasteiger partial charge >= 0.3 is 12.1 Å². The van der Waals surface area contributed by atoms with Gasteiger partial charge in [0.2, 0.25) is 0 Å². The summed E-state index contributed by atoms with van der Waals surface area (Å²) >= 11 is 0. The van der Waals surface area contributed by atoms with Crippen molar-refractivity contribution in [2.45, 2.75) is 32.9 Å². The van der Waals surface area contributed by atoms with Crippen molar-refractivity contribution in [3.8, 4) is 0 Å². The first-order valence-corrected chi connectivity index (χ1v) is 5.70. The fourth-order valence-electron chi connectivity index (χ4n) is 1.52. The molecule has 1 heterocycles. The molecule has 0 aliphatic heterocycles. The van der Waals surface area contributed by atoms with Gasteiger partial charge in [0.1, 0.15) is 5.56 Å². The average Bonchev–Trinajstić information content (AvgIpc) is 2.26. The SMILES string of the molecule is CCOC(=O)c1c(C(F)(F)F)cc(C(C)C)[nH]c1=O. The maximum Gasteiger partial charge on any atom is 0.417 e. The molecule has 7 heteroatoms. The van der Waals surface area contributed by atoms with Gasteiger partial charge in [-0.15, -0.1) is 0 Å². The van der Waals surface area contributed by atoms with Crippen molar-refractivity contribution in [3.05, 3.63) is 33.2 Å². The molecule has 1 aromatic rings. The van der Waals surface area contributed by atoms with Crippen LogP contribution in [-0.2, 0) is 10.9 Å². The van der Waals surface area contributed by atoms with E-state index in [9.17, 15) is 22.8 Å². The summed E-state index contributed by atoms with van der Waals surface area (Å²) in [6.45, 7) is 4.61. The minimum Gasteiger partial charge on any atom is -0.462 e. The molecule has 4 nitrogen and oxygen atoms in total. The Morgan fingerprint density at radius 1 is 1.42 bits per heavy atom. The van der Waals surface area contributed by atoms with Crippen LogP contribution in [0, 0.1) is 0 Å². The average molecular weight is 277 g/mol. The molecule has 1 aromatic heterocycles. The van der Waals surface area contributed by atoms with Gasteiger partial charge in [0.05, 0.1) is 12.2 Å². The zero-order valence-corrected chi connectivity index (χ0v) is 10.7. The van der Waals surface area contributed by atoms with Crippen LogP contribution in [0.1, 0.15) is 48.3 Å². The number of hydrogen-bond donors (Lipinski definition) is 1. The second kappa shape index (κ2) is 5.46. The van der Waals surface area contributed by atoms with Gasteiger partial charge in [-0.3, -0.25) is 4.79 Å². The summed E-state index contributed by atoms with van der Waals surface area (Å²) in [6.07, 6.45) is -4.79. The van der Waals surface area contributed by atoms with E-state index in [4.69, 9.17) is 0 Å². The molecule has 0 bridgehead atoms. The van der Waals surface area contributed by atoms with Gasteiger partial charge in [-0.05, 0) is 18.9 Å². The van der Waals surface area contributed by atoms with Gasteiger partial charge in [-0.25, -0.2) is 4.79 Å². The number of aromatic nitrogens is 1. The summed E-state index contributed by atoms with van der Waals surface area (Å²) in [5, 5.41) is 0. The Kier molecular flexibility index (Phi) is 4.39. The monoisotopic (exact) mass is 277 g/mol. The molecule has 1 N–H and O–H groups in total. The van der Waals surface area contributed by atoms with Crippen molar-refractivity contribution in [2.24, 2.45) is 0 Å². The first kappa shape index (κ1) is 15.3. The highest BCUT2D eigenvalue weighted by molar-refractivity contribution is 5.90. The van der Waals surface area contributed by atoms with Gasteiger partial charge in [0.25, 0.3) is 5.56 Å². The first-order valence-electron chi connectivity index (χ1n) is 5.70. The Labute approximate surface area is 107 Å². The van der Waals surface area contributed by atoms with E-state index in [-0.39, 0.29) is 18.2 Å². The number of esters is 1. The summed E-state index contributed by atoms with van der Waals surface area (Å²) in [4.78, 5) is 25.4. The van der Waals surface area contributed by atoms with Crippen molar-refractivity contribution in [2.75, 3.05) is 6.61 Å². The zero-order valence-electron chi connectivity index (χ0n) is 10.7. The smallest absolute Gasteiger partial charge is 0.417 e. The van der Waals surface area contributed by atoms with Gasteiger partial charge in [-0.2, -0.15) is 13.2 Å². The molecular weight excluding hydrogens is 263 g/mol. The summed E-state index contributed by atoms with van der Waals surface area (Å²) < 4.78 is 43.2. The molecule has 0 radical (unpaired) electrons. The Balaban J connectivity index is 3.53. The van der Waals surface area contributed by atoms with Crippen molar-refractivity contribution in [3.63, 3.8) is 0 Å². The number of ether oxygens (including phenoxy) is 1. The van der Waals surface area contributed by atoms with E-state index in [1.165, 1.54) is 6.92 Å². The van der Waals surface area contributed by atoms with Crippen LogP contribution < -0.4 is 5.56 Å². The third-order valence-corrected chi connectivity index (χ3v) is 2.46. The van der Waals surface area contributed by atoms with Gasteiger partial charge in [-0.1, -0.05) is 13.8 Å². The molecule has 0 unspecified atom stereocenters. The molecule has 0 spiro atoms. The number of carbonyl (C=O) groups excluding carboxylic acids is 1. The van der Waals surface area contributed by atoms with Gasteiger partial charge < -0.3 is 9.72 Å². The van der Waals surface area contributed by atoms with Crippen molar-refractivity contribution in [1.29, 1.82) is 0 Å². The highest BCUT2D eigenvalue weighted by atomic mass is 19.4. The molecular formula is C12H14F3NO3. The van der Waals surface area contributed by atoms with Crippen LogP contribution in [0.4, 0.5) is 13.2 Å². The lowest BCUT2D eigenvalue weighted by atomic mass is 10.0. The number of H-pyrrole nitrogens is 1. The summed E-state index contributed by atoms with van der Waals surface area (Å²) in [5.41, 5.74) is -3.24. The molecule has 0 amide bonds. The predicted molar refractivity (Wildman–Crippen MR) is 62.1 cm³/mol. The van der Waals surface area contributed by atoms with Crippen LogP contribution in [0.2, 0.25) is 0 Å². The second-order valence-corrected chi connectivity index (χ2v) is 4.22. The fourth-order valence-corrected chi connectivity index (χ4v) is 1.52. The highest BCUT2D eigenvalue weighted by Gasteiger charge is 2.38. The number of nitrogens with one attached hydrogen (secondary N) is 1. The number of alkyl halides is 3. The Hall–Kier alpha value is -1.79. The number of carbonyl (C=O) groups is 1. The maximum absolute atomic E-state index is 12.9. The lowest BCUT2D eigenvalue weighted by Gasteiger charge is -2.14. The standard InChI is InChI=1S/C12H14F3NO3/c1-4-19-11(18)9-7(12(13,14)15)5-8(6(2)3)16-10(9)17/h5-6H,4H2,1-3H3,(H,16,17). The van der Waals surface area contributed by atoms with Crippen molar-refractivity contribution >= 4 is 5.97 Å². The molecule has 106 valence electrons. The summed E-state index contributed by atoms with van der Waals surface area (Å²) in [7, 11) is 0.